The quantitative estimate of drug-likeness (QED) is 0.657. The number of nitrogens with one attached hydrogen (secondary N) is 2. The minimum Gasteiger partial charge on any atom is -0.421 e. The van der Waals surface area contributed by atoms with Gasteiger partial charge in [-0.25, -0.2) is 0 Å². The summed E-state index contributed by atoms with van der Waals surface area (Å²) in [5.41, 5.74) is 2.59. The third-order valence-corrected chi connectivity index (χ3v) is 3.80. The van der Waals surface area contributed by atoms with Crippen molar-refractivity contribution in [3.8, 4) is 11.5 Å². The molecule has 2 aromatic carbocycles. The fourth-order valence-corrected chi connectivity index (χ4v) is 2.41. The molecule has 0 aliphatic heterocycles. The summed E-state index contributed by atoms with van der Waals surface area (Å²) in [5, 5.41) is 13.4. The van der Waals surface area contributed by atoms with Gasteiger partial charge < -0.3 is 15.1 Å². The number of aryl methyl sites for hydroxylation is 1. The highest BCUT2D eigenvalue weighted by Crippen LogP contribution is 2.27. The third kappa shape index (κ3) is 4.46. The molecule has 7 nitrogen and oxygen atoms in total. The van der Waals surface area contributed by atoms with E-state index in [1.54, 1.807) is 43.3 Å². The second kappa shape index (κ2) is 8.09. The molecule has 3 rings (SSSR count). The van der Waals surface area contributed by atoms with Crippen LogP contribution in [-0.4, -0.2) is 22.0 Å². The lowest BCUT2D eigenvalue weighted by Crippen LogP contribution is -2.20. The Hall–Kier alpha value is -3.74. The zero-order chi connectivity index (χ0) is 19.2. The summed E-state index contributed by atoms with van der Waals surface area (Å²) >= 11 is 0. The molecule has 0 atom stereocenters. The van der Waals surface area contributed by atoms with Gasteiger partial charge in [0.1, 0.15) is 0 Å². The molecule has 0 saturated heterocycles. The molecule has 1 heterocycles. The van der Waals surface area contributed by atoms with E-state index in [1.807, 2.05) is 12.1 Å². The number of nitrogens with zero attached hydrogens (tertiary/aromatic N) is 2. The molecular weight excluding hydrogens is 344 g/mol. The maximum absolute atomic E-state index is 12.6. The summed E-state index contributed by atoms with van der Waals surface area (Å²) in [5.74, 6) is 0.284. The fraction of sp³-hybridized carbons (Fsp3) is 0.100. The molecule has 0 aliphatic carbocycles. The Morgan fingerprint density at radius 3 is 2.52 bits per heavy atom. The molecule has 2 amide bonds. The van der Waals surface area contributed by atoms with Crippen molar-refractivity contribution in [1.82, 2.24) is 15.5 Å². The van der Waals surface area contributed by atoms with E-state index in [2.05, 4.69) is 27.4 Å². The van der Waals surface area contributed by atoms with Crippen LogP contribution in [0.5, 0.6) is 0 Å². The Balaban J connectivity index is 1.72. The van der Waals surface area contributed by atoms with Crippen LogP contribution in [0.15, 0.2) is 65.6 Å². The maximum atomic E-state index is 12.6. The van der Waals surface area contributed by atoms with Crippen LogP contribution < -0.4 is 10.6 Å². The molecule has 3 aromatic rings. The maximum Gasteiger partial charge on any atom is 0.255 e. The first-order chi connectivity index (χ1) is 13.1. The number of hydrogen-bond donors (Lipinski definition) is 2. The zero-order valence-corrected chi connectivity index (χ0v) is 14.7. The molecule has 0 aliphatic rings. The lowest BCUT2D eigenvalue weighted by Gasteiger charge is -2.09. The van der Waals surface area contributed by atoms with Crippen molar-refractivity contribution in [2.24, 2.45) is 0 Å². The van der Waals surface area contributed by atoms with Gasteiger partial charge in [-0.05, 0) is 35.9 Å². The number of aromatic nitrogens is 2. The topological polar surface area (TPSA) is 97.1 Å². The highest BCUT2D eigenvalue weighted by Gasteiger charge is 2.14. The van der Waals surface area contributed by atoms with Crippen molar-refractivity contribution in [3.05, 3.63) is 78.2 Å². The van der Waals surface area contributed by atoms with E-state index in [0.717, 1.165) is 5.56 Å². The van der Waals surface area contributed by atoms with E-state index >= 15 is 0 Å². The molecule has 0 radical (unpaired) electrons. The van der Waals surface area contributed by atoms with Crippen molar-refractivity contribution < 1.29 is 14.0 Å². The van der Waals surface area contributed by atoms with Crippen molar-refractivity contribution in [1.29, 1.82) is 0 Å². The Labute approximate surface area is 156 Å². The smallest absolute Gasteiger partial charge is 0.255 e. The summed E-state index contributed by atoms with van der Waals surface area (Å²) in [7, 11) is 0. The van der Waals surface area contributed by atoms with Crippen LogP contribution in [0.2, 0.25) is 0 Å². The predicted octanol–water partition coefficient (Wildman–Crippen LogP) is 3.10. The summed E-state index contributed by atoms with van der Waals surface area (Å²) in [6.45, 7) is 5.47. The molecule has 0 spiro atoms. The zero-order valence-electron chi connectivity index (χ0n) is 14.7. The largest absolute Gasteiger partial charge is 0.421 e. The molecule has 0 saturated carbocycles. The van der Waals surface area contributed by atoms with Crippen LogP contribution in [0, 0.1) is 6.92 Å². The van der Waals surface area contributed by atoms with Crippen LogP contribution in [0.4, 0.5) is 5.69 Å². The van der Waals surface area contributed by atoms with Crippen LogP contribution in [0.3, 0.4) is 0 Å². The molecule has 2 N–H and O–H groups in total. The molecule has 0 unspecified atom stereocenters. The Morgan fingerprint density at radius 1 is 1.11 bits per heavy atom. The SMILES string of the molecule is C=CC(=O)NCc1ccc(C(=O)Nc2ccccc2-c2nnc(C)o2)cc1. The monoisotopic (exact) mass is 362 g/mol. The van der Waals surface area contributed by atoms with Gasteiger partial charge in [-0.3, -0.25) is 9.59 Å². The van der Waals surface area contributed by atoms with Gasteiger partial charge in [-0.2, -0.15) is 0 Å². The van der Waals surface area contributed by atoms with E-state index in [1.165, 1.54) is 6.08 Å². The van der Waals surface area contributed by atoms with Gasteiger partial charge in [0.15, 0.2) is 0 Å². The average molecular weight is 362 g/mol. The van der Waals surface area contributed by atoms with Gasteiger partial charge >= 0.3 is 0 Å². The molecule has 27 heavy (non-hydrogen) atoms. The van der Waals surface area contributed by atoms with Gasteiger partial charge in [0, 0.05) is 19.0 Å². The Morgan fingerprint density at radius 2 is 1.85 bits per heavy atom. The molecule has 1 aromatic heterocycles. The molecular formula is C20H18N4O3. The van der Waals surface area contributed by atoms with Crippen molar-refractivity contribution in [2.75, 3.05) is 5.32 Å². The molecule has 0 fully saturated rings. The summed E-state index contributed by atoms with van der Waals surface area (Å²) in [4.78, 5) is 23.8. The number of anilines is 1. The van der Waals surface area contributed by atoms with Gasteiger partial charge in [-0.1, -0.05) is 30.8 Å². The number of para-hydroxylation sites is 1. The second-order valence-electron chi connectivity index (χ2n) is 5.74. The first kappa shape index (κ1) is 18.1. The molecule has 7 heteroatoms. The normalized spacial score (nSPS) is 10.3. The number of amides is 2. The highest BCUT2D eigenvalue weighted by atomic mass is 16.4. The number of hydrogen-bond acceptors (Lipinski definition) is 5. The first-order valence-electron chi connectivity index (χ1n) is 8.27. The third-order valence-electron chi connectivity index (χ3n) is 3.80. The van der Waals surface area contributed by atoms with Crippen LogP contribution in [0.25, 0.3) is 11.5 Å². The summed E-state index contributed by atoms with van der Waals surface area (Å²) < 4.78 is 5.45. The molecule has 136 valence electrons. The standard InChI is InChI=1S/C20H18N4O3/c1-3-18(25)21-12-14-8-10-15(11-9-14)19(26)22-17-7-5-4-6-16(17)20-24-23-13(2)27-20/h3-11H,1,12H2,2H3,(H,21,25)(H,22,26). The van der Waals surface area contributed by atoms with Gasteiger partial charge in [0.25, 0.3) is 5.91 Å². The fourth-order valence-electron chi connectivity index (χ4n) is 2.41. The minimum atomic E-state index is -0.264. The average Bonchev–Trinajstić information content (AvgIpc) is 3.13. The lowest BCUT2D eigenvalue weighted by atomic mass is 10.1. The van der Waals surface area contributed by atoms with E-state index in [0.29, 0.717) is 35.1 Å². The summed E-state index contributed by atoms with van der Waals surface area (Å²) in [6, 6.07) is 14.2. The van der Waals surface area contributed by atoms with Gasteiger partial charge in [0.05, 0.1) is 11.3 Å². The number of benzene rings is 2. The van der Waals surface area contributed by atoms with E-state index in [-0.39, 0.29) is 11.8 Å². The number of rotatable bonds is 6. The highest BCUT2D eigenvalue weighted by molar-refractivity contribution is 6.06. The lowest BCUT2D eigenvalue weighted by molar-refractivity contribution is -0.116. The van der Waals surface area contributed by atoms with Crippen molar-refractivity contribution in [3.63, 3.8) is 0 Å². The second-order valence-corrected chi connectivity index (χ2v) is 5.74. The Kier molecular flexibility index (Phi) is 5.41. The van der Waals surface area contributed by atoms with Gasteiger partial charge in [-0.15, -0.1) is 10.2 Å². The summed E-state index contributed by atoms with van der Waals surface area (Å²) in [6.07, 6.45) is 1.21. The van der Waals surface area contributed by atoms with E-state index < -0.39 is 0 Å². The van der Waals surface area contributed by atoms with E-state index in [9.17, 15) is 9.59 Å². The number of carbonyl (C=O) groups is 2. The Bertz CT molecular complexity index is 977. The first-order valence-corrected chi connectivity index (χ1v) is 8.27. The van der Waals surface area contributed by atoms with E-state index in [4.69, 9.17) is 4.42 Å². The van der Waals surface area contributed by atoms with Crippen LogP contribution in [0.1, 0.15) is 21.8 Å². The van der Waals surface area contributed by atoms with Crippen LogP contribution in [-0.2, 0) is 11.3 Å². The minimum absolute atomic E-state index is 0.246. The molecule has 0 bridgehead atoms. The van der Waals surface area contributed by atoms with Crippen molar-refractivity contribution >= 4 is 17.5 Å². The van der Waals surface area contributed by atoms with Crippen molar-refractivity contribution in [2.45, 2.75) is 13.5 Å². The predicted molar refractivity (Wildman–Crippen MR) is 101 cm³/mol. The number of carbonyl (C=O) groups excluding carboxylic acids is 2. The van der Waals surface area contributed by atoms with Gasteiger partial charge in [0.2, 0.25) is 17.7 Å². The van der Waals surface area contributed by atoms with Crippen LogP contribution >= 0.6 is 0 Å².